The number of aliphatic hydroxyl groups is 1. The van der Waals surface area contributed by atoms with Gasteiger partial charge in [0.1, 0.15) is 11.6 Å². The SMILES string of the molecule is C[C@@H]1CC(CNCc2cc(F)cc(F)c2)OC2[C@H]1C1(C)CCC34CC35CCC(O[C@H]3CN(C(=O)CC6CC6)CCO3)C(C)(C)[C@@H]5CCC4[C@]1(C)[C@H]2O. The van der Waals surface area contributed by atoms with Gasteiger partial charge in [0, 0.05) is 37.5 Å². The maximum Gasteiger partial charge on any atom is 0.223 e. The Morgan fingerprint density at radius 2 is 1.73 bits per heavy atom. The van der Waals surface area contributed by atoms with Crippen molar-refractivity contribution in [3.8, 4) is 0 Å². The zero-order valence-electron chi connectivity index (χ0n) is 32.1. The third-order valence-corrected chi connectivity index (χ3v) is 17.3. The van der Waals surface area contributed by atoms with Crippen LogP contribution in [0.4, 0.5) is 8.78 Å². The van der Waals surface area contributed by atoms with Crippen LogP contribution < -0.4 is 5.32 Å². The van der Waals surface area contributed by atoms with Crippen molar-refractivity contribution in [3.05, 3.63) is 35.4 Å². The quantitative estimate of drug-likeness (QED) is 0.295. The Morgan fingerprint density at radius 1 is 1.00 bits per heavy atom. The van der Waals surface area contributed by atoms with Crippen LogP contribution in [0.2, 0.25) is 0 Å². The highest BCUT2D eigenvalue weighted by Gasteiger charge is 2.84. The van der Waals surface area contributed by atoms with E-state index in [1.165, 1.54) is 44.2 Å². The third-order valence-electron chi connectivity index (χ3n) is 17.3. The first-order valence-electron chi connectivity index (χ1n) is 20.8. The average molecular weight is 725 g/mol. The van der Waals surface area contributed by atoms with Crippen molar-refractivity contribution in [2.24, 2.45) is 56.7 Å². The van der Waals surface area contributed by atoms with Gasteiger partial charge < -0.3 is 29.5 Å². The van der Waals surface area contributed by atoms with E-state index in [1.54, 1.807) is 0 Å². The minimum absolute atomic E-state index is 0.00249. The molecule has 7 nitrogen and oxygen atoms in total. The van der Waals surface area contributed by atoms with Gasteiger partial charge in [-0.05, 0) is 133 Å². The van der Waals surface area contributed by atoms with E-state index in [1.807, 2.05) is 4.90 Å². The topological polar surface area (TPSA) is 80.3 Å². The molecule has 8 fully saturated rings. The summed E-state index contributed by atoms with van der Waals surface area (Å²) in [6, 6.07) is 3.65. The Morgan fingerprint density at radius 3 is 2.48 bits per heavy atom. The molecule has 2 heterocycles. The second-order valence-corrected chi connectivity index (χ2v) is 20.0. The number of amides is 1. The zero-order valence-corrected chi connectivity index (χ0v) is 32.1. The van der Waals surface area contributed by atoms with E-state index in [2.05, 4.69) is 39.9 Å². The minimum Gasteiger partial charge on any atom is -0.390 e. The zero-order chi connectivity index (χ0) is 36.4. The molecule has 9 heteroatoms. The molecule has 1 amide bonds. The van der Waals surface area contributed by atoms with E-state index in [9.17, 15) is 18.7 Å². The monoisotopic (exact) mass is 724 g/mol. The molecule has 2 N–H and O–H groups in total. The van der Waals surface area contributed by atoms with Crippen molar-refractivity contribution in [1.29, 1.82) is 0 Å². The molecule has 1 aromatic rings. The van der Waals surface area contributed by atoms with E-state index in [0.717, 1.165) is 38.2 Å². The molecule has 13 atom stereocenters. The number of morpholine rings is 1. The Kier molecular flexibility index (Phi) is 8.61. The summed E-state index contributed by atoms with van der Waals surface area (Å²) in [7, 11) is 0. The number of carbonyl (C=O) groups excluding carboxylic acids is 1. The molecule has 8 aliphatic rings. The fourth-order valence-electron chi connectivity index (χ4n) is 14.7. The molecule has 0 radical (unpaired) electrons. The highest BCUT2D eigenvalue weighted by Crippen LogP contribution is 2.89. The number of aliphatic hydroxyl groups excluding tert-OH is 1. The van der Waals surface area contributed by atoms with Crippen LogP contribution in [0.3, 0.4) is 0 Å². The maximum atomic E-state index is 13.8. The summed E-state index contributed by atoms with van der Waals surface area (Å²) >= 11 is 0. The molecule has 6 aliphatic carbocycles. The largest absolute Gasteiger partial charge is 0.390 e. The second-order valence-electron chi connectivity index (χ2n) is 20.0. The second kappa shape index (κ2) is 12.4. The van der Waals surface area contributed by atoms with Gasteiger partial charge in [-0.25, -0.2) is 8.78 Å². The Balaban J connectivity index is 0.886. The Hall–Kier alpha value is -1.65. The van der Waals surface area contributed by atoms with Crippen molar-refractivity contribution in [1.82, 2.24) is 10.2 Å². The molecule has 7 unspecified atom stereocenters. The molecule has 2 saturated heterocycles. The predicted molar refractivity (Wildman–Crippen MR) is 193 cm³/mol. The minimum atomic E-state index is -0.562. The molecule has 1 aromatic carbocycles. The standard InChI is InChI=1S/C43H62F2N2O5/c1-25-16-30(22-46-21-27-17-28(44)20-29(45)18-27)51-37-36(25)40(4)12-13-43-24-42(43)11-10-33(39(2,3)31(42)8-9-32(43)41(40,5)38(37)49)52-35-23-47(14-15-50-35)34(48)19-26-6-7-26/h17-18,20,25-26,30-33,35-38,46,49H,6-16,19,21-24H2,1-5H3/t25-,30?,31+,32?,33?,35+,36+,37?,38+,40?,41-,42?,43?/m1/s1. The van der Waals surface area contributed by atoms with Gasteiger partial charge in [0.05, 0.1) is 37.6 Å². The molecule has 2 spiro atoms. The van der Waals surface area contributed by atoms with Crippen LogP contribution in [0.1, 0.15) is 111 Å². The highest BCUT2D eigenvalue weighted by atomic mass is 19.1. The maximum absolute atomic E-state index is 13.8. The van der Waals surface area contributed by atoms with Crippen LogP contribution in [-0.4, -0.2) is 72.9 Å². The molecule has 6 saturated carbocycles. The summed E-state index contributed by atoms with van der Waals surface area (Å²) in [5, 5.41) is 15.9. The molecule has 288 valence electrons. The molecule has 0 bridgehead atoms. The lowest BCUT2D eigenvalue weighted by Gasteiger charge is -2.64. The van der Waals surface area contributed by atoms with Crippen molar-refractivity contribution >= 4 is 5.91 Å². The van der Waals surface area contributed by atoms with E-state index in [-0.39, 0.29) is 52.2 Å². The van der Waals surface area contributed by atoms with Gasteiger partial charge in [-0.15, -0.1) is 0 Å². The number of fused-ring (bicyclic) bond motifs is 4. The van der Waals surface area contributed by atoms with Crippen LogP contribution in [0.25, 0.3) is 0 Å². The van der Waals surface area contributed by atoms with Crippen LogP contribution in [0, 0.1) is 68.3 Å². The number of hydrogen-bond acceptors (Lipinski definition) is 6. The van der Waals surface area contributed by atoms with Gasteiger partial charge in [0.2, 0.25) is 5.91 Å². The number of carbonyl (C=O) groups is 1. The van der Waals surface area contributed by atoms with Crippen LogP contribution >= 0.6 is 0 Å². The van der Waals surface area contributed by atoms with E-state index in [4.69, 9.17) is 14.2 Å². The van der Waals surface area contributed by atoms with Gasteiger partial charge in [-0.2, -0.15) is 0 Å². The number of benzene rings is 1. The van der Waals surface area contributed by atoms with Gasteiger partial charge in [-0.1, -0.05) is 34.6 Å². The van der Waals surface area contributed by atoms with Crippen molar-refractivity contribution in [3.63, 3.8) is 0 Å². The van der Waals surface area contributed by atoms with E-state index < -0.39 is 17.7 Å². The summed E-state index contributed by atoms with van der Waals surface area (Å²) in [6.07, 6.45) is 11.1. The molecule has 2 aliphatic heterocycles. The smallest absolute Gasteiger partial charge is 0.223 e. The van der Waals surface area contributed by atoms with Crippen molar-refractivity contribution in [2.75, 3.05) is 26.2 Å². The average Bonchev–Trinajstić information content (AvgIpc) is 4.01. The van der Waals surface area contributed by atoms with E-state index in [0.29, 0.717) is 79.8 Å². The Bertz CT molecular complexity index is 1550. The molecule has 9 rings (SSSR count). The van der Waals surface area contributed by atoms with Crippen LogP contribution in [0.15, 0.2) is 18.2 Å². The van der Waals surface area contributed by atoms with Crippen LogP contribution in [-0.2, 0) is 25.5 Å². The number of nitrogens with one attached hydrogen (secondary N) is 1. The summed E-state index contributed by atoms with van der Waals surface area (Å²) < 4.78 is 47.4. The lowest BCUT2D eigenvalue weighted by atomic mass is 9.41. The normalized spacial score (nSPS) is 47.5. The first-order valence-corrected chi connectivity index (χ1v) is 20.8. The highest BCUT2D eigenvalue weighted by molar-refractivity contribution is 5.76. The third kappa shape index (κ3) is 5.28. The summed E-state index contributed by atoms with van der Waals surface area (Å²) in [6.45, 7) is 14.9. The number of rotatable bonds is 8. The van der Waals surface area contributed by atoms with Gasteiger partial charge in [0.15, 0.2) is 6.29 Å². The number of hydrogen-bond donors (Lipinski definition) is 2. The first-order chi connectivity index (χ1) is 24.7. The lowest BCUT2D eigenvalue weighted by molar-refractivity contribution is -0.248. The van der Waals surface area contributed by atoms with Gasteiger partial charge in [-0.3, -0.25) is 4.79 Å². The molecule has 52 heavy (non-hydrogen) atoms. The summed E-state index contributed by atoms with van der Waals surface area (Å²) in [5.41, 5.74) is 0.908. The lowest BCUT2D eigenvalue weighted by Crippen LogP contribution is -2.60. The van der Waals surface area contributed by atoms with Gasteiger partial charge >= 0.3 is 0 Å². The molecule has 0 aromatic heterocycles. The number of ether oxygens (including phenoxy) is 3. The van der Waals surface area contributed by atoms with Crippen LogP contribution in [0.5, 0.6) is 0 Å². The van der Waals surface area contributed by atoms with Crippen molar-refractivity contribution in [2.45, 2.75) is 142 Å². The van der Waals surface area contributed by atoms with Crippen molar-refractivity contribution < 1.29 is 32.9 Å². The van der Waals surface area contributed by atoms with E-state index >= 15 is 0 Å². The predicted octanol–water partition coefficient (Wildman–Crippen LogP) is 7.24. The summed E-state index contributed by atoms with van der Waals surface area (Å²) in [4.78, 5) is 14.9. The number of nitrogens with zero attached hydrogens (tertiary/aromatic N) is 1. The fourth-order valence-corrected chi connectivity index (χ4v) is 14.7. The number of halogens is 2. The first kappa shape index (κ1) is 36.0. The summed E-state index contributed by atoms with van der Waals surface area (Å²) in [5.74, 6) is 1.47. The molecular weight excluding hydrogens is 662 g/mol. The van der Waals surface area contributed by atoms with Gasteiger partial charge in [0.25, 0.3) is 0 Å². The fraction of sp³-hybridized carbons (Fsp3) is 0.837. The Labute approximate surface area is 309 Å². The molecular formula is C43H62F2N2O5.